The number of benzene rings is 1. The second-order valence-electron chi connectivity index (χ2n) is 12.2. The molecule has 240 valence electrons. The third kappa shape index (κ3) is 6.83. The molecule has 1 amide bonds. The number of piperidine rings is 1. The van der Waals surface area contributed by atoms with Gasteiger partial charge in [-0.2, -0.15) is 5.10 Å². The highest BCUT2D eigenvalue weighted by molar-refractivity contribution is 6.00. The van der Waals surface area contributed by atoms with Gasteiger partial charge in [-0.05, 0) is 82.3 Å². The predicted octanol–water partition coefficient (Wildman–Crippen LogP) is 5.64. The molecule has 11 nitrogen and oxygen atoms in total. The van der Waals surface area contributed by atoms with E-state index in [1.54, 1.807) is 24.8 Å². The maximum Gasteiger partial charge on any atom is 0.224 e. The fourth-order valence-corrected chi connectivity index (χ4v) is 6.03. The minimum absolute atomic E-state index is 0.00429. The van der Waals surface area contributed by atoms with E-state index in [2.05, 4.69) is 40.8 Å². The first-order chi connectivity index (χ1) is 22.9. The van der Waals surface area contributed by atoms with Crippen molar-refractivity contribution in [3.05, 3.63) is 73.1 Å². The lowest BCUT2D eigenvalue weighted by atomic mass is 9.94. The van der Waals surface area contributed by atoms with Crippen LogP contribution < -0.4 is 15.4 Å². The average molecular weight is 634 g/mol. The summed E-state index contributed by atoms with van der Waals surface area (Å²) < 4.78 is 20.5. The van der Waals surface area contributed by atoms with Gasteiger partial charge in [0.05, 0.1) is 40.7 Å². The Morgan fingerprint density at radius 3 is 2.68 bits per heavy atom. The van der Waals surface area contributed by atoms with Gasteiger partial charge in [0, 0.05) is 58.8 Å². The zero-order chi connectivity index (χ0) is 32.3. The van der Waals surface area contributed by atoms with E-state index in [4.69, 9.17) is 4.74 Å². The molecule has 7 rings (SSSR count). The zero-order valence-corrected chi connectivity index (χ0v) is 26.3. The topological polar surface area (TPSA) is 137 Å². The highest BCUT2D eigenvalue weighted by Gasteiger charge is 2.19. The van der Waals surface area contributed by atoms with E-state index in [1.165, 1.54) is 12.1 Å². The van der Waals surface area contributed by atoms with Crippen LogP contribution in [0.3, 0.4) is 0 Å². The van der Waals surface area contributed by atoms with Crippen molar-refractivity contribution in [2.24, 2.45) is 5.92 Å². The van der Waals surface area contributed by atoms with Crippen molar-refractivity contribution in [1.82, 2.24) is 40.3 Å². The van der Waals surface area contributed by atoms with Gasteiger partial charge in [0.2, 0.25) is 5.91 Å². The number of carbonyl (C=O) groups is 1. The summed E-state index contributed by atoms with van der Waals surface area (Å²) >= 11 is 0. The Hall–Kier alpha value is -5.20. The molecule has 1 aromatic carbocycles. The van der Waals surface area contributed by atoms with Crippen LogP contribution in [0.25, 0.3) is 55.7 Å². The summed E-state index contributed by atoms with van der Waals surface area (Å²) in [6.07, 6.45) is 9.34. The minimum atomic E-state index is -0.393. The Bertz CT molecular complexity index is 2050. The molecule has 6 aromatic rings. The summed E-state index contributed by atoms with van der Waals surface area (Å²) in [7, 11) is 3.92. The standard InChI is InChI=1S/C35H36FN9O2/c1-45(2)9-10-47-26-14-22(12-24(36)15-26)34-27-17-31(42-29(27)5-8-39-34)35-28-16-30(40-20-32(28)43-44-35)23-13-25(19-38-18-23)41-33(46)11-21-3-6-37-7-4-21/h5,8,12-21,37,42H,3-4,6-7,9-11H2,1-2H3,(H,41,46)(H,43,44). The van der Waals surface area contributed by atoms with E-state index in [0.717, 1.165) is 59.0 Å². The summed E-state index contributed by atoms with van der Waals surface area (Å²) in [5.74, 6) is 0.450. The minimum Gasteiger partial charge on any atom is -0.492 e. The number of ether oxygens (including phenoxy) is 1. The van der Waals surface area contributed by atoms with Crippen LogP contribution in [0.15, 0.2) is 67.3 Å². The third-order valence-corrected chi connectivity index (χ3v) is 8.45. The summed E-state index contributed by atoms with van der Waals surface area (Å²) in [5.41, 5.74) is 6.44. The largest absolute Gasteiger partial charge is 0.492 e. The van der Waals surface area contributed by atoms with Crippen molar-refractivity contribution in [3.8, 4) is 39.7 Å². The monoisotopic (exact) mass is 633 g/mol. The highest BCUT2D eigenvalue weighted by atomic mass is 19.1. The van der Waals surface area contributed by atoms with Gasteiger partial charge in [-0.1, -0.05) is 0 Å². The fraction of sp³-hybridized carbons (Fsp3) is 0.286. The molecule has 5 aromatic heterocycles. The number of likely N-dealkylation sites (N-methyl/N-ethyl adjacent to an activating group) is 1. The van der Waals surface area contributed by atoms with Gasteiger partial charge in [0.25, 0.3) is 0 Å². The smallest absolute Gasteiger partial charge is 0.224 e. The molecule has 0 bridgehead atoms. The Morgan fingerprint density at radius 1 is 0.979 bits per heavy atom. The predicted molar refractivity (Wildman–Crippen MR) is 180 cm³/mol. The first-order valence-electron chi connectivity index (χ1n) is 15.8. The van der Waals surface area contributed by atoms with E-state index >= 15 is 0 Å². The number of fused-ring (bicyclic) bond motifs is 2. The second-order valence-corrected chi connectivity index (χ2v) is 12.2. The van der Waals surface area contributed by atoms with Crippen molar-refractivity contribution in [2.45, 2.75) is 19.3 Å². The number of carbonyl (C=O) groups excluding carboxylic acids is 1. The highest BCUT2D eigenvalue weighted by Crippen LogP contribution is 2.35. The number of H-pyrrole nitrogens is 2. The summed E-state index contributed by atoms with van der Waals surface area (Å²) in [6, 6.07) is 12.4. The molecular weight excluding hydrogens is 597 g/mol. The van der Waals surface area contributed by atoms with E-state index in [1.807, 2.05) is 49.3 Å². The summed E-state index contributed by atoms with van der Waals surface area (Å²) in [6.45, 7) is 3.07. The number of pyridine rings is 3. The van der Waals surface area contributed by atoms with Gasteiger partial charge in [-0.25, -0.2) is 4.39 Å². The molecule has 1 saturated heterocycles. The molecule has 12 heteroatoms. The molecule has 6 heterocycles. The number of halogens is 1. The Balaban J connectivity index is 1.16. The maximum absolute atomic E-state index is 14.7. The van der Waals surface area contributed by atoms with Crippen LogP contribution >= 0.6 is 0 Å². The molecule has 0 unspecified atom stereocenters. The van der Waals surface area contributed by atoms with E-state index in [9.17, 15) is 9.18 Å². The van der Waals surface area contributed by atoms with Crippen LogP contribution in [-0.2, 0) is 4.79 Å². The second kappa shape index (κ2) is 13.3. The number of aromatic nitrogens is 6. The van der Waals surface area contributed by atoms with E-state index in [-0.39, 0.29) is 5.91 Å². The van der Waals surface area contributed by atoms with Crippen LogP contribution in [0.4, 0.5) is 10.1 Å². The van der Waals surface area contributed by atoms with Gasteiger partial charge in [0.15, 0.2) is 0 Å². The molecule has 0 radical (unpaired) electrons. The maximum atomic E-state index is 14.7. The molecule has 0 atom stereocenters. The van der Waals surface area contributed by atoms with Crippen LogP contribution in [0.2, 0.25) is 0 Å². The molecule has 0 aliphatic carbocycles. The van der Waals surface area contributed by atoms with E-state index in [0.29, 0.717) is 59.6 Å². The Morgan fingerprint density at radius 2 is 1.83 bits per heavy atom. The van der Waals surface area contributed by atoms with Gasteiger partial charge in [0.1, 0.15) is 23.9 Å². The molecule has 1 fully saturated rings. The molecule has 1 aliphatic rings. The first kappa shape index (κ1) is 30.5. The van der Waals surface area contributed by atoms with Crippen LogP contribution in [0.5, 0.6) is 5.75 Å². The van der Waals surface area contributed by atoms with Crippen molar-refractivity contribution >= 4 is 33.4 Å². The average Bonchev–Trinajstić information content (AvgIpc) is 3.69. The zero-order valence-electron chi connectivity index (χ0n) is 26.3. The number of nitrogens with zero attached hydrogens (tertiary/aromatic N) is 5. The third-order valence-electron chi connectivity index (χ3n) is 8.45. The van der Waals surface area contributed by atoms with Gasteiger partial charge in [-0.3, -0.25) is 24.8 Å². The van der Waals surface area contributed by atoms with Gasteiger partial charge < -0.3 is 25.3 Å². The van der Waals surface area contributed by atoms with E-state index < -0.39 is 5.82 Å². The number of hydrogen-bond donors (Lipinski definition) is 4. The van der Waals surface area contributed by atoms with Crippen molar-refractivity contribution < 1.29 is 13.9 Å². The van der Waals surface area contributed by atoms with Crippen LogP contribution in [-0.4, -0.2) is 81.3 Å². The first-order valence-corrected chi connectivity index (χ1v) is 15.8. The quantitative estimate of drug-likeness (QED) is 0.152. The molecule has 0 saturated carbocycles. The fourth-order valence-electron chi connectivity index (χ4n) is 6.03. The normalized spacial score (nSPS) is 13.9. The number of nitrogens with one attached hydrogen (secondary N) is 4. The molecular formula is C35H36FN9O2. The number of amides is 1. The van der Waals surface area contributed by atoms with Gasteiger partial charge in [-0.15, -0.1) is 0 Å². The van der Waals surface area contributed by atoms with Crippen molar-refractivity contribution in [1.29, 1.82) is 0 Å². The lowest BCUT2D eigenvalue weighted by Gasteiger charge is -2.21. The SMILES string of the molecule is CN(C)CCOc1cc(F)cc(-c2nccc3[nH]c(-c4n[nH]c5cnc(-c6cncc(NC(=O)CC7CCNCC7)c6)cc45)cc23)c1. The van der Waals surface area contributed by atoms with Crippen LogP contribution in [0.1, 0.15) is 19.3 Å². The number of hydrogen-bond acceptors (Lipinski definition) is 8. The molecule has 1 aliphatic heterocycles. The molecule has 47 heavy (non-hydrogen) atoms. The lowest BCUT2D eigenvalue weighted by molar-refractivity contribution is -0.117. The van der Waals surface area contributed by atoms with Gasteiger partial charge >= 0.3 is 0 Å². The summed E-state index contributed by atoms with van der Waals surface area (Å²) in [5, 5.41) is 15.7. The molecule has 4 N–H and O–H groups in total. The molecule has 0 spiro atoms. The lowest BCUT2D eigenvalue weighted by Crippen LogP contribution is -2.30. The Kier molecular flexibility index (Phi) is 8.60. The van der Waals surface area contributed by atoms with Crippen molar-refractivity contribution in [2.75, 3.05) is 45.7 Å². The number of rotatable bonds is 10. The number of anilines is 1. The Labute approximate surface area is 271 Å². The summed E-state index contributed by atoms with van der Waals surface area (Å²) in [4.78, 5) is 31.8. The van der Waals surface area contributed by atoms with Crippen LogP contribution in [0, 0.1) is 11.7 Å². The number of aromatic amines is 2. The van der Waals surface area contributed by atoms with Crippen molar-refractivity contribution in [3.63, 3.8) is 0 Å².